The Bertz CT molecular complexity index is 699. The van der Waals surface area contributed by atoms with Crippen molar-refractivity contribution in [2.75, 3.05) is 13.1 Å². The van der Waals surface area contributed by atoms with Crippen LogP contribution in [0, 0.1) is 12.7 Å². The molecule has 2 amide bonds. The second kappa shape index (κ2) is 8.82. The SMILES string of the molecule is Cc1ccccc1CC(=O)NCC(=O)NCCc1ccc(F)cc1. The zero-order valence-corrected chi connectivity index (χ0v) is 13.6. The smallest absolute Gasteiger partial charge is 0.239 e. The minimum atomic E-state index is -0.279. The van der Waals surface area contributed by atoms with Gasteiger partial charge in [-0.05, 0) is 42.2 Å². The molecule has 2 aromatic rings. The highest BCUT2D eigenvalue weighted by Gasteiger charge is 2.07. The van der Waals surface area contributed by atoms with E-state index in [-0.39, 0.29) is 30.6 Å². The predicted octanol–water partition coefficient (Wildman–Crippen LogP) is 2.15. The van der Waals surface area contributed by atoms with Crippen LogP contribution in [0.5, 0.6) is 0 Å². The normalized spacial score (nSPS) is 10.2. The Balaban J connectivity index is 1.66. The first-order valence-electron chi connectivity index (χ1n) is 7.87. The van der Waals surface area contributed by atoms with Gasteiger partial charge >= 0.3 is 0 Å². The molecule has 0 saturated carbocycles. The molecule has 0 aliphatic carbocycles. The summed E-state index contributed by atoms with van der Waals surface area (Å²) in [5, 5.41) is 5.34. The molecule has 0 aliphatic heterocycles. The Hall–Kier alpha value is -2.69. The highest BCUT2D eigenvalue weighted by Crippen LogP contribution is 2.07. The summed E-state index contributed by atoms with van der Waals surface area (Å²) < 4.78 is 12.8. The molecular formula is C19H21FN2O2. The molecule has 0 atom stereocenters. The molecule has 2 aromatic carbocycles. The summed E-state index contributed by atoms with van der Waals surface area (Å²) in [7, 11) is 0. The van der Waals surface area contributed by atoms with Gasteiger partial charge in [-0.1, -0.05) is 36.4 Å². The molecule has 0 spiro atoms. The first-order valence-corrected chi connectivity index (χ1v) is 7.87. The summed E-state index contributed by atoms with van der Waals surface area (Å²) in [5.41, 5.74) is 2.95. The summed E-state index contributed by atoms with van der Waals surface area (Å²) in [6.07, 6.45) is 0.874. The van der Waals surface area contributed by atoms with Crippen LogP contribution in [0.4, 0.5) is 4.39 Å². The van der Waals surface area contributed by atoms with Crippen molar-refractivity contribution in [1.29, 1.82) is 0 Å². The maximum atomic E-state index is 12.8. The van der Waals surface area contributed by atoms with Crippen LogP contribution in [-0.4, -0.2) is 24.9 Å². The van der Waals surface area contributed by atoms with Gasteiger partial charge in [0.15, 0.2) is 0 Å². The zero-order valence-electron chi connectivity index (χ0n) is 13.6. The van der Waals surface area contributed by atoms with Gasteiger partial charge in [-0.2, -0.15) is 0 Å². The van der Waals surface area contributed by atoms with Crippen molar-refractivity contribution in [2.24, 2.45) is 0 Å². The van der Waals surface area contributed by atoms with Crippen LogP contribution in [-0.2, 0) is 22.4 Å². The first-order chi connectivity index (χ1) is 11.5. The van der Waals surface area contributed by atoms with E-state index in [0.717, 1.165) is 16.7 Å². The van der Waals surface area contributed by atoms with Crippen LogP contribution < -0.4 is 10.6 Å². The van der Waals surface area contributed by atoms with Gasteiger partial charge in [0, 0.05) is 6.54 Å². The lowest BCUT2D eigenvalue weighted by molar-refractivity contribution is -0.125. The Labute approximate surface area is 141 Å². The van der Waals surface area contributed by atoms with Gasteiger partial charge in [0.05, 0.1) is 13.0 Å². The van der Waals surface area contributed by atoms with Crippen LogP contribution in [0.2, 0.25) is 0 Å². The second-order valence-corrected chi connectivity index (χ2v) is 5.61. The number of carbonyl (C=O) groups is 2. The van der Waals surface area contributed by atoms with Gasteiger partial charge in [0.1, 0.15) is 5.82 Å². The van der Waals surface area contributed by atoms with Crippen LogP contribution >= 0.6 is 0 Å². The third-order valence-corrected chi connectivity index (χ3v) is 3.71. The second-order valence-electron chi connectivity index (χ2n) is 5.61. The molecule has 0 unspecified atom stereocenters. The molecule has 0 radical (unpaired) electrons. The van der Waals surface area contributed by atoms with Gasteiger partial charge in [-0.25, -0.2) is 4.39 Å². The number of nitrogens with one attached hydrogen (secondary N) is 2. The largest absolute Gasteiger partial charge is 0.354 e. The van der Waals surface area contributed by atoms with E-state index in [1.807, 2.05) is 31.2 Å². The Kier molecular flexibility index (Phi) is 6.49. The molecule has 5 heteroatoms. The van der Waals surface area contributed by atoms with Crippen LogP contribution in [0.1, 0.15) is 16.7 Å². The fraction of sp³-hybridized carbons (Fsp3) is 0.263. The molecule has 24 heavy (non-hydrogen) atoms. The van der Waals surface area contributed by atoms with E-state index in [1.54, 1.807) is 12.1 Å². The number of halogens is 1. The van der Waals surface area contributed by atoms with Gasteiger partial charge < -0.3 is 10.6 Å². The van der Waals surface area contributed by atoms with Crippen LogP contribution in [0.3, 0.4) is 0 Å². The molecule has 126 valence electrons. The average Bonchev–Trinajstić information content (AvgIpc) is 2.57. The van der Waals surface area contributed by atoms with E-state index >= 15 is 0 Å². The number of rotatable bonds is 7. The van der Waals surface area contributed by atoms with E-state index in [2.05, 4.69) is 10.6 Å². The number of benzene rings is 2. The maximum Gasteiger partial charge on any atom is 0.239 e. The summed E-state index contributed by atoms with van der Waals surface area (Å²) in [5.74, 6) is -0.701. The predicted molar refractivity (Wildman–Crippen MR) is 91.0 cm³/mol. The Morgan fingerprint density at radius 3 is 2.38 bits per heavy atom. The van der Waals surface area contributed by atoms with Gasteiger partial charge in [-0.15, -0.1) is 0 Å². The first kappa shape index (κ1) is 17.7. The van der Waals surface area contributed by atoms with E-state index in [0.29, 0.717) is 13.0 Å². The third kappa shape index (κ3) is 5.83. The molecular weight excluding hydrogens is 307 g/mol. The number of carbonyl (C=O) groups excluding carboxylic acids is 2. The topological polar surface area (TPSA) is 58.2 Å². The summed E-state index contributed by atoms with van der Waals surface area (Å²) in [6, 6.07) is 13.8. The van der Waals surface area contributed by atoms with Gasteiger partial charge in [0.2, 0.25) is 11.8 Å². The molecule has 0 saturated heterocycles. The van der Waals surface area contributed by atoms with E-state index < -0.39 is 0 Å². The average molecular weight is 328 g/mol. The Morgan fingerprint density at radius 1 is 0.958 bits per heavy atom. The van der Waals surface area contributed by atoms with Crippen LogP contribution in [0.25, 0.3) is 0 Å². The fourth-order valence-electron chi connectivity index (χ4n) is 2.28. The molecule has 0 fully saturated rings. The van der Waals surface area contributed by atoms with E-state index in [4.69, 9.17) is 0 Å². The summed E-state index contributed by atoms with van der Waals surface area (Å²) in [6.45, 7) is 2.34. The monoisotopic (exact) mass is 328 g/mol. The zero-order chi connectivity index (χ0) is 17.4. The lowest BCUT2D eigenvalue weighted by Gasteiger charge is -2.08. The molecule has 2 rings (SSSR count). The minimum Gasteiger partial charge on any atom is -0.354 e. The van der Waals surface area contributed by atoms with Crippen molar-refractivity contribution in [3.8, 4) is 0 Å². The van der Waals surface area contributed by atoms with Crippen molar-refractivity contribution < 1.29 is 14.0 Å². The maximum absolute atomic E-state index is 12.8. The van der Waals surface area contributed by atoms with Crippen molar-refractivity contribution in [1.82, 2.24) is 10.6 Å². The van der Waals surface area contributed by atoms with E-state index in [1.165, 1.54) is 12.1 Å². The number of hydrogen-bond acceptors (Lipinski definition) is 2. The molecule has 0 aromatic heterocycles. The van der Waals surface area contributed by atoms with Crippen molar-refractivity contribution in [2.45, 2.75) is 19.8 Å². The Morgan fingerprint density at radius 2 is 1.67 bits per heavy atom. The lowest BCUT2D eigenvalue weighted by Crippen LogP contribution is -2.38. The molecule has 4 nitrogen and oxygen atoms in total. The minimum absolute atomic E-state index is 0.0475. The summed E-state index contributed by atoms with van der Waals surface area (Å²) >= 11 is 0. The number of hydrogen-bond donors (Lipinski definition) is 2. The summed E-state index contributed by atoms with van der Waals surface area (Å²) in [4.78, 5) is 23.6. The van der Waals surface area contributed by atoms with Crippen molar-refractivity contribution >= 4 is 11.8 Å². The number of aryl methyl sites for hydroxylation is 1. The highest BCUT2D eigenvalue weighted by molar-refractivity contribution is 5.85. The molecule has 2 N–H and O–H groups in total. The van der Waals surface area contributed by atoms with Gasteiger partial charge in [0.25, 0.3) is 0 Å². The highest BCUT2D eigenvalue weighted by atomic mass is 19.1. The van der Waals surface area contributed by atoms with Crippen molar-refractivity contribution in [3.63, 3.8) is 0 Å². The van der Waals surface area contributed by atoms with Crippen LogP contribution in [0.15, 0.2) is 48.5 Å². The number of amides is 2. The quantitative estimate of drug-likeness (QED) is 0.818. The lowest BCUT2D eigenvalue weighted by atomic mass is 10.1. The molecule has 0 aliphatic rings. The van der Waals surface area contributed by atoms with E-state index in [9.17, 15) is 14.0 Å². The molecule has 0 heterocycles. The standard InChI is InChI=1S/C19H21FN2O2/c1-14-4-2-3-5-16(14)12-18(23)22-13-19(24)21-11-10-15-6-8-17(20)9-7-15/h2-9H,10-13H2,1H3,(H,21,24)(H,22,23). The third-order valence-electron chi connectivity index (χ3n) is 3.71. The van der Waals surface area contributed by atoms with Gasteiger partial charge in [-0.3, -0.25) is 9.59 Å². The van der Waals surface area contributed by atoms with Crippen molar-refractivity contribution in [3.05, 3.63) is 71.0 Å². The molecule has 0 bridgehead atoms. The fourth-order valence-corrected chi connectivity index (χ4v) is 2.28.